The van der Waals surface area contributed by atoms with Gasteiger partial charge in [0.25, 0.3) is 0 Å². The second-order valence-electron chi connectivity index (χ2n) is 4.40. The van der Waals surface area contributed by atoms with Crippen molar-refractivity contribution < 1.29 is 14.3 Å². The van der Waals surface area contributed by atoms with Gasteiger partial charge in [-0.3, -0.25) is 14.3 Å². The molecule has 0 aromatic carbocycles. The third-order valence-corrected chi connectivity index (χ3v) is 3.81. The van der Waals surface area contributed by atoms with E-state index in [1.54, 1.807) is 24.7 Å². The second-order valence-corrected chi connectivity index (χ2v) is 5.34. The van der Waals surface area contributed by atoms with Crippen molar-refractivity contribution >= 4 is 17.7 Å². The molecule has 0 radical (unpaired) electrons. The van der Waals surface area contributed by atoms with E-state index in [4.69, 9.17) is 9.52 Å². The van der Waals surface area contributed by atoms with E-state index in [1.807, 2.05) is 22.8 Å². The lowest BCUT2D eigenvalue weighted by atomic mass is 10.2. The van der Waals surface area contributed by atoms with Crippen molar-refractivity contribution in [3.8, 4) is 11.4 Å². The number of carboxylic acids is 1. The van der Waals surface area contributed by atoms with Gasteiger partial charge in [0, 0.05) is 18.0 Å². The van der Waals surface area contributed by atoms with E-state index in [0.717, 1.165) is 23.1 Å². The fourth-order valence-corrected chi connectivity index (χ4v) is 2.59. The summed E-state index contributed by atoms with van der Waals surface area (Å²) in [6.07, 6.45) is 4.96. The van der Waals surface area contributed by atoms with Gasteiger partial charge in [0.15, 0.2) is 11.0 Å². The number of hydrogen-bond acceptors (Lipinski definition) is 6. The lowest BCUT2D eigenvalue weighted by molar-refractivity contribution is -0.133. The number of rotatable bonds is 6. The number of aromatic nitrogens is 4. The summed E-state index contributed by atoms with van der Waals surface area (Å²) in [5.74, 6) is 0.378. The van der Waals surface area contributed by atoms with E-state index < -0.39 is 5.97 Å². The Kier molecular flexibility index (Phi) is 4.19. The lowest BCUT2D eigenvalue weighted by Gasteiger charge is -2.07. The molecule has 0 aliphatic rings. The van der Waals surface area contributed by atoms with Crippen LogP contribution < -0.4 is 0 Å². The zero-order valence-electron chi connectivity index (χ0n) is 11.4. The molecule has 0 saturated carbocycles. The minimum Gasteiger partial charge on any atom is -0.481 e. The molecular formula is C14H12N4O3S. The third kappa shape index (κ3) is 3.17. The molecule has 0 aliphatic carbocycles. The first kappa shape index (κ1) is 14.3. The molecule has 1 N–H and O–H groups in total. The van der Waals surface area contributed by atoms with Gasteiger partial charge in [0.05, 0.1) is 18.6 Å². The Balaban J connectivity index is 1.97. The first-order valence-corrected chi connectivity index (χ1v) is 7.43. The first-order chi connectivity index (χ1) is 10.7. The van der Waals surface area contributed by atoms with E-state index in [9.17, 15) is 4.79 Å². The minimum absolute atomic E-state index is 0.0800. The van der Waals surface area contributed by atoms with Gasteiger partial charge in [-0.25, -0.2) is 0 Å². The first-order valence-electron chi connectivity index (χ1n) is 6.44. The number of carboxylic acid groups (broad SMARTS) is 1. The fraction of sp³-hybridized carbons (Fsp3) is 0.143. The summed E-state index contributed by atoms with van der Waals surface area (Å²) in [5.41, 5.74) is 0.809. The monoisotopic (exact) mass is 316 g/mol. The average molecular weight is 316 g/mol. The van der Waals surface area contributed by atoms with Gasteiger partial charge >= 0.3 is 5.97 Å². The van der Waals surface area contributed by atoms with Crippen LogP contribution in [0.25, 0.3) is 11.4 Å². The predicted molar refractivity (Wildman–Crippen MR) is 79.4 cm³/mol. The fourth-order valence-electron chi connectivity index (χ4n) is 1.93. The summed E-state index contributed by atoms with van der Waals surface area (Å²) in [4.78, 5) is 14.8. The maximum absolute atomic E-state index is 10.8. The Bertz CT molecular complexity index is 756. The quantitative estimate of drug-likeness (QED) is 0.696. The lowest BCUT2D eigenvalue weighted by Crippen LogP contribution is -2.05. The van der Waals surface area contributed by atoms with Crippen LogP contribution in [0.2, 0.25) is 0 Å². The van der Waals surface area contributed by atoms with Crippen molar-refractivity contribution in [1.29, 1.82) is 0 Å². The molecule has 0 amide bonds. The van der Waals surface area contributed by atoms with Crippen molar-refractivity contribution in [2.24, 2.45) is 0 Å². The number of furan rings is 1. The van der Waals surface area contributed by atoms with Crippen molar-refractivity contribution in [3.05, 3.63) is 48.7 Å². The molecule has 0 fully saturated rings. The van der Waals surface area contributed by atoms with Gasteiger partial charge in [-0.1, -0.05) is 11.8 Å². The molecule has 0 atom stereocenters. The summed E-state index contributed by atoms with van der Waals surface area (Å²) in [6, 6.07) is 7.33. The summed E-state index contributed by atoms with van der Waals surface area (Å²) in [6.45, 7) is 0.423. The normalized spacial score (nSPS) is 10.7. The highest BCUT2D eigenvalue weighted by Gasteiger charge is 2.16. The van der Waals surface area contributed by atoms with Crippen LogP contribution in [0.1, 0.15) is 5.76 Å². The molecule has 7 nitrogen and oxygen atoms in total. The smallest absolute Gasteiger partial charge is 0.313 e. The number of nitrogens with zero attached hydrogens (tertiary/aromatic N) is 4. The SMILES string of the molecule is O=C(O)CSc1nnc(-c2cccnc2)n1Cc1ccco1. The highest BCUT2D eigenvalue weighted by atomic mass is 32.2. The van der Waals surface area contributed by atoms with E-state index in [2.05, 4.69) is 15.2 Å². The topological polar surface area (TPSA) is 94.0 Å². The second kappa shape index (κ2) is 6.44. The van der Waals surface area contributed by atoms with Crippen LogP contribution in [-0.4, -0.2) is 36.6 Å². The van der Waals surface area contributed by atoms with Crippen molar-refractivity contribution in [2.75, 3.05) is 5.75 Å². The highest BCUT2D eigenvalue weighted by molar-refractivity contribution is 7.99. The number of thioether (sulfide) groups is 1. The number of aliphatic carboxylic acids is 1. The largest absolute Gasteiger partial charge is 0.481 e. The molecular weight excluding hydrogens is 304 g/mol. The average Bonchev–Trinajstić information content (AvgIpc) is 3.16. The van der Waals surface area contributed by atoms with Crippen LogP contribution in [0, 0.1) is 0 Å². The van der Waals surface area contributed by atoms with E-state index in [0.29, 0.717) is 17.5 Å². The van der Waals surface area contributed by atoms with Crippen LogP contribution in [0.3, 0.4) is 0 Å². The van der Waals surface area contributed by atoms with Gasteiger partial charge in [0.1, 0.15) is 5.76 Å². The Morgan fingerprint density at radius 2 is 2.23 bits per heavy atom. The van der Waals surface area contributed by atoms with Gasteiger partial charge in [0.2, 0.25) is 0 Å². The van der Waals surface area contributed by atoms with Gasteiger partial charge in [-0.15, -0.1) is 10.2 Å². The summed E-state index contributed by atoms with van der Waals surface area (Å²) in [7, 11) is 0. The molecule has 0 bridgehead atoms. The van der Waals surface area contributed by atoms with Crippen molar-refractivity contribution in [3.63, 3.8) is 0 Å². The van der Waals surface area contributed by atoms with Crippen molar-refractivity contribution in [2.45, 2.75) is 11.7 Å². The Labute approximate surface area is 130 Å². The van der Waals surface area contributed by atoms with Crippen LogP contribution in [0.5, 0.6) is 0 Å². The van der Waals surface area contributed by atoms with E-state index >= 15 is 0 Å². The summed E-state index contributed by atoms with van der Waals surface area (Å²) >= 11 is 1.12. The zero-order chi connectivity index (χ0) is 15.4. The van der Waals surface area contributed by atoms with Crippen LogP contribution in [0.15, 0.2) is 52.5 Å². The van der Waals surface area contributed by atoms with Gasteiger partial charge < -0.3 is 9.52 Å². The molecule has 3 aromatic heterocycles. The number of carbonyl (C=O) groups is 1. The maximum atomic E-state index is 10.8. The van der Waals surface area contributed by atoms with Crippen LogP contribution >= 0.6 is 11.8 Å². The molecule has 3 aromatic rings. The minimum atomic E-state index is -0.902. The number of hydrogen-bond donors (Lipinski definition) is 1. The predicted octanol–water partition coefficient (Wildman–Crippen LogP) is 2.16. The molecule has 0 spiro atoms. The number of pyridine rings is 1. The van der Waals surface area contributed by atoms with E-state index in [-0.39, 0.29) is 5.75 Å². The molecule has 3 rings (SSSR count). The van der Waals surface area contributed by atoms with Gasteiger partial charge in [-0.05, 0) is 24.3 Å². The zero-order valence-corrected chi connectivity index (χ0v) is 12.2. The molecule has 8 heteroatoms. The van der Waals surface area contributed by atoms with E-state index in [1.165, 1.54) is 0 Å². The van der Waals surface area contributed by atoms with Gasteiger partial charge in [-0.2, -0.15) is 0 Å². The Hall–Kier alpha value is -2.61. The third-order valence-electron chi connectivity index (χ3n) is 2.86. The summed E-state index contributed by atoms with van der Waals surface area (Å²) in [5, 5.41) is 17.6. The molecule has 22 heavy (non-hydrogen) atoms. The summed E-state index contributed by atoms with van der Waals surface area (Å²) < 4.78 is 7.18. The van der Waals surface area contributed by atoms with Crippen LogP contribution in [0.4, 0.5) is 0 Å². The molecule has 3 heterocycles. The molecule has 0 unspecified atom stereocenters. The Morgan fingerprint density at radius 1 is 1.32 bits per heavy atom. The molecule has 0 saturated heterocycles. The standard InChI is InChI=1S/C14H12N4O3S/c19-12(20)9-22-14-17-16-13(10-3-1-5-15-7-10)18(14)8-11-4-2-6-21-11/h1-7H,8-9H2,(H,19,20). The highest BCUT2D eigenvalue weighted by Crippen LogP contribution is 2.24. The van der Waals surface area contributed by atoms with Crippen LogP contribution in [-0.2, 0) is 11.3 Å². The van der Waals surface area contributed by atoms with Crippen molar-refractivity contribution in [1.82, 2.24) is 19.7 Å². The maximum Gasteiger partial charge on any atom is 0.313 e. The molecule has 0 aliphatic heterocycles. The molecule has 112 valence electrons. The Morgan fingerprint density at radius 3 is 2.91 bits per heavy atom.